The number of thiophene rings is 2. The molecule has 0 aliphatic carbocycles. The van der Waals surface area contributed by atoms with Crippen molar-refractivity contribution in [2.75, 3.05) is 13.7 Å². The maximum absolute atomic E-state index is 12.3. The van der Waals surface area contributed by atoms with Crippen LogP contribution in [0.3, 0.4) is 0 Å². The number of hydrogen-bond donors (Lipinski definition) is 1. The van der Waals surface area contributed by atoms with Crippen LogP contribution in [0.2, 0.25) is 0 Å². The number of aliphatic hydroxyl groups is 1. The van der Waals surface area contributed by atoms with Crippen LogP contribution in [0.5, 0.6) is 0 Å². The Morgan fingerprint density at radius 2 is 2.19 bits per heavy atom. The molecule has 21 heavy (non-hydrogen) atoms. The van der Waals surface area contributed by atoms with E-state index in [9.17, 15) is 4.79 Å². The van der Waals surface area contributed by atoms with Crippen molar-refractivity contribution in [1.29, 1.82) is 0 Å². The summed E-state index contributed by atoms with van der Waals surface area (Å²) in [6, 6.07) is 2.00. The van der Waals surface area contributed by atoms with Crippen molar-refractivity contribution in [1.82, 2.24) is 4.90 Å². The van der Waals surface area contributed by atoms with Gasteiger partial charge in [-0.1, -0.05) is 11.8 Å². The molecule has 0 radical (unpaired) electrons. The summed E-state index contributed by atoms with van der Waals surface area (Å²) in [5.74, 6) is 5.95. The third-order valence-electron chi connectivity index (χ3n) is 2.95. The summed E-state index contributed by atoms with van der Waals surface area (Å²) in [4.78, 5) is 15.2. The highest BCUT2D eigenvalue weighted by atomic mass is 32.1. The van der Waals surface area contributed by atoms with Crippen molar-refractivity contribution in [2.24, 2.45) is 0 Å². The van der Waals surface area contributed by atoms with E-state index in [0.29, 0.717) is 13.0 Å². The quantitative estimate of drug-likeness (QED) is 0.880. The van der Waals surface area contributed by atoms with Crippen LogP contribution in [0.4, 0.5) is 0 Å². The molecule has 2 rings (SSSR count). The smallest absolute Gasteiger partial charge is 0.255 e. The molecular formula is C16H17NO2S2. The third-order valence-corrected chi connectivity index (χ3v) is 4.73. The maximum atomic E-state index is 12.3. The SMILES string of the molecule is Cc1cscc1C(=O)N(C)Cc1cc(C#CCCO)cs1. The van der Waals surface area contributed by atoms with E-state index in [1.165, 1.54) is 0 Å². The van der Waals surface area contributed by atoms with E-state index in [2.05, 4.69) is 11.8 Å². The molecule has 0 saturated carbocycles. The van der Waals surface area contributed by atoms with Crippen LogP contribution in [0.15, 0.2) is 22.2 Å². The zero-order valence-electron chi connectivity index (χ0n) is 12.0. The Bertz CT molecular complexity index is 676. The van der Waals surface area contributed by atoms with Gasteiger partial charge in [-0.2, -0.15) is 11.3 Å². The molecule has 0 aromatic carbocycles. The van der Waals surface area contributed by atoms with Crippen LogP contribution in [0.25, 0.3) is 0 Å². The first-order chi connectivity index (χ1) is 10.1. The lowest BCUT2D eigenvalue weighted by atomic mass is 10.2. The Morgan fingerprint density at radius 1 is 1.38 bits per heavy atom. The van der Waals surface area contributed by atoms with E-state index < -0.39 is 0 Å². The van der Waals surface area contributed by atoms with Gasteiger partial charge in [0.25, 0.3) is 5.91 Å². The Balaban J connectivity index is 2.00. The summed E-state index contributed by atoms with van der Waals surface area (Å²) >= 11 is 3.15. The molecule has 2 aromatic rings. The zero-order chi connectivity index (χ0) is 15.2. The number of carbonyl (C=O) groups excluding carboxylic acids is 1. The number of carbonyl (C=O) groups is 1. The molecule has 0 saturated heterocycles. The molecule has 1 amide bonds. The summed E-state index contributed by atoms with van der Waals surface area (Å²) in [5, 5.41) is 14.6. The minimum Gasteiger partial charge on any atom is -0.395 e. The number of rotatable bonds is 4. The molecule has 0 bridgehead atoms. The molecule has 3 nitrogen and oxygen atoms in total. The molecule has 0 aliphatic heterocycles. The Hall–Kier alpha value is -1.61. The van der Waals surface area contributed by atoms with Crippen LogP contribution in [0, 0.1) is 18.8 Å². The van der Waals surface area contributed by atoms with Crippen LogP contribution in [-0.4, -0.2) is 29.6 Å². The fraction of sp³-hybridized carbons (Fsp3) is 0.312. The minimum atomic E-state index is 0.0510. The average Bonchev–Trinajstić information content (AvgIpc) is 3.07. The largest absolute Gasteiger partial charge is 0.395 e. The van der Waals surface area contributed by atoms with Gasteiger partial charge in [0.15, 0.2) is 0 Å². The molecule has 1 N–H and O–H groups in total. The highest BCUT2D eigenvalue weighted by molar-refractivity contribution is 7.10. The van der Waals surface area contributed by atoms with Gasteiger partial charge in [-0.05, 0) is 23.9 Å². The van der Waals surface area contributed by atoms with Crippen molar-refractivity contribution in [2.45, 2.75) is 19.9 Å². The molecule has 0 spiro atoms. The van der Waals surface area contributed by atoms with E-state index in [4.69, 9.17) is 5.11 Å². The van der Waals surface area contributed by atoms with E-state index in [1.54, 1.807) is 27.6 Å². The number of aryl methyl sites for hydroxylation is 1. The van der Waals surface area contributed by atoms with Crippen LogP contribution >= 0.6 is 22.7 Å². The molecule has 0 fully saturated rings. The monoisotopic (exact) mass is 319 g/mol. The zero-order valence-corrected chi connectivity index (χ0v) is 13.7. The molecule has 5 heteroatoms. The lowest BCUT2D eigenvalue weighted by molar-refractivity contribution is 0.0786. The minimum absolute atomic E-state index is 0.0510. The average molecular weight is 319 g/mol. The second-order valence-electron chi connectivity index (χ2n) is 4.71. The number of amides is 1. The summed E-state index contributed by atoms with van der Waals surface area (Å²) in [5.41, 5.74) is 2.75. The summed E-state index contributed by atoms with van der Waals surface area (Å²) in [6.45, 7) is 2.62. The van der Waals surface area contributed by atoms with Gasteiger partial charge in [0, 0.05) is 34.7 Å². The summed E-state index contributed by atoms with van der Waals surface area (Å²) < 4.78 is 0. The van der Waals surface area contributed by atoms with Gasteiger partial charge in [-0.25, -0.2) is 0 Å². The Kier molecular flexibility index (Phi) is 5.57. The number of nitrogens with zero attached hydrogens (tertiary/aromatic N) is 1. The fourth-order valence-corrected chi connectivity index (χ4v) is 3.53. The summed E-state index contributed by atoms with van der Waals surface area (Å²) in [7, 11) is 1.82. The first kappa shape index (κ1) is 15.8. The first-order valence-corrected chi connectivity index (χ1v) is 8.39. The maximum Gasteiger partial charge on any atom is 0.255 e. The molecule has 0 aliphatic rings. The van der Waals surface area contributed by atoms with E-state index in [0.717, 1.165) is 21.6 Å². The van der Waals surface area contributed by atoms with Crippen molar-refractivity contribution < 1.29 is 9.90 Å². The van der Waals surface area contributed by atoms with Gasteiger partial charge >= 0.3 is 0 Å². The van der Waals surface area contributed by atoms with Gasteiger partial charge < -0.3 is 10.0 Å². The van der Waals surface area contributed by atoms with Crippen molar-refractivity contribution in [3.63, 3.8) is 0 Å². The summed E-state index contributed by atoms with van der Waals surface area (Å²) in [6.07, 6.45) is 0.487. The lowest BCUT2D eigenvalue weighted by Gasteiger charge is -2.15. The number of hydrogen-bond acceptors (Lipinski definition) is 4. The lowest BCUT2D eigenvalue weighted by Crippen LogP contribution is -2.25. The Morgan fingerprint density at radius 3 is 2.86 bits per heavy atom. The third kappa shape index (κ3) is 4.18. The molecule has 0 unspecified atom stereocenters. The highest BCUT2D eigenvalue weighted by Crippen LogP contribution is 2.19. The predicted molar refractivity (Wildman–Crippen MR) is 87.8 cm³/mol. The van der Waals surface area contributed by atoms with Crippen LogP contribution < -0.4 is 0 Å². The normalized spacial score (nSPS) is 10.0. The van der Waals surface area contributed by atoms with Crippen LogP contribution in [-0.2, 0) is 6.54 Å². The first-order valence-electron chi connectivity index (χ1n) is 6.57. The van der Waals surface area contributed by atoms with Crippen molar-refractivity contribution in [3.8, 4) is 11.8 Å². The second kappa shape index (κ2) is 7.41. The molecule has 2 aromatic heterocycles. The predicted octanol–water partition coefficient (Wildman–Crippen LogP) is 3.12. The molecule has 0 atom stereocenters. The topological polar surface area (TPSA) is 40.5 Å². The van der Waals surface area contributed by atoms with E-state index in [1.807, 2.05) is 36.2 Å². The highest BCUT2D eigenvalue weighted by Gasteiger charge is 2.15. The molecule has 2 heterocycles. The Labute approximate surface area is 132 Å². The van der Waals surface area contributed by atoms with Gasteiger partial charge in [0.1, 0.15) is 0 Å². The van der Waals surface area contributed by atoms with Crippen LogP contribution in [0.1, 0.15) is 32.8 Å². The van der Waals surface area contributed by atoms with Crippen molar-refractivity contribution in [3.05, 3.63) is 43.8 Å². The fourth-order valence-electron chi connectivity index (χ4n) is 1.84. The van der Waals surface area contributed by atoms with Gasteiger partial charge in [-0.15, -0.1) is 11.3 Å². The van der Waals surface area contributed by atoms with E-state index in [-0.39, 0.29) is 12.5 Å². The van der Waals surface area contributed by atoms with Gasteiger partial charge in [-0.3, -0.25) is 4.79 Å². The van der Waals surface area contributed by atoms with Gasteiger partial charge in [0.2, 0.25) is 0 Å². The van der Waals surface area contributed by atoms with Crippen molar-refractivity contribution >= 4 is 28.6 Å². The second-order valence-corrected chi connectivity index (χ2v) is 6.45. The van der Waals surface area contributed by atoms with E-state index >= 15 is 0 Å². The molecular weight excluding hydrogens is 302 g/mol. The van der Waals surface area contributed by atoms with Gasteiger partial charge in [0.05, 0.1) is 18.7 Å². The standard InChI is InChI=1S/C16H17NO2S2/c1-12-9-20-11-15(12)16(19)17(2)8-14-7-13(10-21-14)5-3-4-6-18/h7,9-11,18H,4,6,8H2,1-2H3. The molecule has 110 valence electrons. The number of aliphatic hydroxyl groups excluding tert-OH is 1.